The number of halogens is 1. The van der Waals surface area contributed by atoms with Crippen LogP contribution in [-0.4, -0.2) is 54.9 Å². The van der Waals surface area contributed by atoms with Gasteiger partial charge in [-0.1, -0.05) is 11.6 Å². The molecule has 2 aliphatic heterocycles. The Morgan fingerprint density at radius 2 is 1.86 bits per heavy atom. The van der Waals surface area contributed by atoms with Gasteiger partial charge in [-0.15, -0.1) is 10.2 Å². The quantitative estimate of drug-likeness (QED) is 0.530. The van der Waals surface area contributed by atoms with E-state index >= 15 is 0 Å². The zero-order chi connectivity index (χ0) is 24.3. The van der Waals surface area contributed by atoms with Crippen LogP contribution in [0.2, 0.25) is 5.02 Å². The Kier molecular flexibility index (Phi) is 5.21. The molecule has 1 aliphatic carbocycles. The van der Waals surface area contributed by atoms with Crippen molar-refractivity contribution in [2.45, 2.75) is 58.2 Å². The summed E-state index contributed by atoms with van der Waals surface area (Å²) in [4.78, 5) is 25.7. The lowest BCUT2D eigenvalue weighted by atomic mass is 9.57. The number of rotatable bonds is 3. The predicted octanol–water partition coefficient (Wildman–Crippen LogP) is 4.52. The van der Waals surface area contributed by atoms with Crippen LogP contribution in [0.5, 0.6) is 0 Å². The number of carbonyl (C=O) groups excluding carboxylic acids is 1. The number of anilines is 1. The Balaban J connectivity index is 1.28. The van der Waals surface area contributed by atoms with E-state index in [4.69, 9.17) is 16.3 Å². The van der Waals surface area contributed by atoms with Crippen LogP contribution in [0.25, 0.3) is 5.69 Å². The largest absolute Gasteiger partial charge is 0.447 e. The highest BCUT2D eigenvalue weighted by molar-refractivity contribution is 6.30. The highest BCUT2D eigenvalue weighted by atomic mass is 35.5. The zero-order valence-electron chi connectivity index (χ0n) is 20.1. The second-order valence-electron chi connectivity index (χ2n) is 10.3. The van der Waals surface area contributed by atoms with E-state index in [9.17, 15) is 4.79 Å². The Labute approximate surface area is 209 Å². The predicted molar refractivity (Wildman–Crippen MR) is 131 cm³/mol. The molecule has 0 radical (unpaired) electrons. The van der Waals surface area contributed by atoms with Crippen LogP contribution in [0.1, 0.15) is 62.8 Å². The minimum absolute atomic E-state index is 0.209. The summed E-state index contributed by atoms with van der Waals surface area (Å²) in [7, 11) is 0. The maximum absolute atomic E-state index is 13.0. The van der Waals surface area contributed by atoms with E-state index in [2.05, 4.69) is 29.6 Å². The fourth-order valence-electron chi connectivity index (χ4n) is 5.73. The zero-order valence-corrected chi connectivity index (χ0v) is 20.8. The topological polar surface area (TPSA) is 89.3 Å². The van der Waals surface area contributed by atoms with Gasteiger partial charge in [-0.05, 0) is 63.4 Å². The number of amides is 1. The second-order valence-corrected chi connectivity index (χ2v) is 10.7. The molecular formula is C25H28ClN7O2. The lowest BCUT2D eigenvalue weighted by Crippen LogP contribution is -2.62. The summed E-state index contributed by atoms with van der Waals surface area (Å²) < 4.78 is 7.69. The average molecular weight is 494 g/mol. The van der Waals surface area contributed by atoms with E-state index in [1.54, 1.807) is 17.3 Å². The third-order valence-electron chi connectivity index (χ3n) is 7.36. The maximum atomic E-state index is 13.0. The second kappa shape index (κ2) is 8.19. The van der Waals surface area contributed by atoms with Gasteiger partial charge in [0.25, 0.3) is 0 Å². The molecular weight excluding hydrogens is 466 g/mol. The monoisotopic (exact) mass is 493 g/mol. The van der Waals surface area contributed by atoms with Crippen LogP contribution in [-0.2, 0) is 11.3 Å². The summed E-state index contributed by atoms with van der Waals surface area (Å²) >= 11 is 6.36. The molecule has 1 aromatic carbocycles. The molecule has 9 nitrogen and oxygen atoms in total. The fourth-order valence-corrected chi connectivity index (χ4v) is 5.92. The normalized spacial score (nSPS) is 20.7. The van der Waals surface area contributed by atoms with Crippen molar-refractivity contribution in [2.24, 2.45) is 5.41 Å². The lowest BCUT2D eigenvalue weighted by Gasteiger charge is -2.58. The maximum Gasteiger partial charge on any atom is 0.410 e. The van der Waals surface area contributed by atoms with Crippen LogP contribution < -0.4 is 4.90 Å². The van der Waals surface area contributed by atoms with E-state index in [0.717, 1.165) is 54.8 Å². The molecule has 1 atom stereocenters. The van der Waals surface area contributed by atoms with Gasteiger partial charge in [0.15, 0.2) is 5.82 Å². The molecule has 6 rings (SSSR count). The molecule has 0 N–H and O–H groups in total. The number of aromatic nitrogens is 5. The first-order chi connectivity index (χ1) is 16.8. The molecule has 2 fully saturated rings. The van der Waals surface area contributed by atoms with Crippen LogP contribution in [0.3, 0.4) is 0 Å². The number of hydrogen-bond acceptors (Lipinski definition) is 7. The van der Waals surface area contributed by atoms with E-state index < -0.39 is 0 Å². The van der Waals surface area contributed by atoms with Gasteiger partial charge in [-0.3, -0.25) is 9.47 Å². The number of nitrogens with zero attached hydrogens (tertiary/aromatic N) is 7. The number of ether oxygens (including phenoxy) is 1. The van der Waals surface area contributed by atoms with Crippen molar-refractivity contribution in [1.29, 1.82) is 0 Å². The van der Waals surface area contributed by atoms with Gasteiger partial charge in [-0.25, -0.2) is 14.8 Å². The number of carbonyl (C=O) groups is 1. The summed E-state index contributed by atoms with van der Waals surface area (Å²) in [6.45, 7) is 8.00. The van der Waals surface area contributed by atoms with Gasteiger partial charge in [-0.2, -0.15) is 0 Å². The van der Waals surface area contributed by atoms with Crippen molar-refractivity contribution in [3.63, 3.8) is 0 Å². The van der Waals surface area contributed by atoms with Crippen LogP contribution in [0.15, 0.2) is 36.7 Å². The summed E-state index contributed by atoms with van der Waals surface area (Å²) in [6.07, 6.45) is 5.09. The molecule has 1 amide bonds. The molecule has 2 aromatic heterocycles. The molecule has 3 aromatic rings. The van der Waals surface area contributed by atoms with E-state index in [1.807, 2.05) is 45.0 Å². The van der Waals surface area contributed by atoms with Crippen LogP contribution in [0.4, 0.5) is 10.7 Å². The highest BCUT2D eigenvalue weighted by Crippen LogP contribution is 2.56. The molecule has 3 aliphatic rings. The van der Waals surface area contributed by atoms with Crippen molar-refractivity contribution in [1.82, 2.24) is 29.6 Å². The molecule has 4 heterocycles. The van der Waals surface area contributed by atoms with E-state index in [1.165, 1.54) is 0 Å². The van der Waals surface area contributed by atoms with Crippen molar-refractivity contribution >= 4 is 23.6 Å². The van der Waals surface area contributed by atoms with Crippen molar-refractivity contribution in [2.75, 3.05) is 18.0 Å². The standard InChI is InChI=1S/C25H28ClN7O2/c1-15(2)35-24(34)32-12-17-9-19(26)5-6-20(17)33-21(16(32)3)29-30-22(33)18-10-25(11-18)13-31(14-25)23-27-7-4-8-28-23/h4-9,15-16,18H,10-14H2,1-3H3. The smallest absolute Gasteiger partial charge is 0.410 e. The Hall–Kier alpha value is -3.20. The van der Waals surface area contributed by atoms with Crippen molar-refractivity contribution < 1.29 is 9.53 Å². The summed E-state index contributed by atoms with van der Waals surface area (Å²) in [5.41, 5.74) is 2.21. The molecule has 1 unspecified atom stereocenters. The Morgan fingerprint density at radius 3 is 2.57 bits per heavy atom. The Morgan fingerprint density at radius 1 is 1.14 bits per heavy atom. The summed E-state index contributed by atoms with van der Waals surface area (Å²) in [5, 5.41) is 9.87. The minimum Gasteiger partial charge on any atom is -0.447 e. The van der Waals surface area contributed by atoms with Crippen molar-refractivity contribution in [3.8, 4) is 5.69 Å². The van der Waals surface area contributed by atoms with Gasteiger partial charge in [0.2, 0.25) is 5.95 Å². The summed E-state index contributed by atoms with van der Waals surface area (Å²) in [6, 6.07) is 7.35. The first kappa shape index (κ1) is 22.3. The summed E-state index contributed by atoms with van der Waals surface area (Å²) in [5.74, 6) is 2.80. The molecule has 10 heteroatoms. The van der Waals surface area contributed by atoms with E-state index in [0.29, 0.717) is 17.5 Å². The van der Waals surface area contributed by atoms with Crippen LogP contribution >= 0.6 is 11.6 Å². The fraction of sp³-hybridized carbons (Fsp3) is 0.480. The minimum atomic E-state index is -0.364. The molecule has 0 bridgehead atoms. The third kappa shape index (κ3) is 3.73. The van der Waals surface area contributed by atoms with Gasteiger partial charge in [0.1, 0.15) is 5.82 Å². The number of benzene rings is 1. The number of fused-ring (bicyclic) bond motifs is 3. The molecule has 1 saturated carbocycles. The van der Waals surface area contributed by atoms with Gasteiger partial charge in [0.05, 0.1) is 24.4 Å². The van der Waals surface area contributed by atoms with Gasteiger partial charge < -0.3 is 9.64 Å². The first-order valence-corrected chi connectivity index (χ1v) is 12.4. The lowest BCUT2D eigenvalue weighted by molar-refractivity contribution is 0.0572. The molecule has 1 spiro atoms. The van der Waals surface area contributed by atoms with Gasteiger partial charge >= 0.3 is 6.09 Å². The molecule has 1 saturated heterocycles. The number of hydrogen-bond donors (Lipinski definition) is 0. The molecule has 35 heavy (non-hydrogen) atoms. The molecule has 182 valence electrons. The third-order valence-corrected chi connectivity index (χ3v) is 7.60. The van der Waals surface area contributed by atoms with Crippen LogP contribution in [0, 0.1) is 5.41 Å². The highest BCUT2D eigenvalue weighted by Gasteiger charge is 2.55. The Bertz CT molecular complexity index is 1260. The van der Waals surface area contributed by atoms with Gasteiger partial charge in [0, 0.05) is 41.8 Å². The average Bonchev–Trinajstić information content (AvgIpc) is 3.15. The SMILES string of the molecule is CC(C)OC(=O)N1Cc2cc(Cl)ccc2-n2c(C3CC4(C3)CN(c3ncccn3)C4)nnc2C1C. The first-order valence-electron chi connectivity index (χ1n) is 12.1. The van der Waals surface area contributed by atoms with Crippen molar-refractivity contribution in [3.05, 3.63) is 58.9 Å². The van der Waals surface area contributed by atoms with E-state index in [-0.39, 0.29) is 23.7 Å².